The summed E-state index contributed by atoms with van der Waals surface area (Å²) in [7, 11) is 1.62. The molecule has 1 aliphatic heterocycles. The summed E-state index contributed by atoms with van der Waals surface area (Å²) in [5.41, 5.74) is 6.01. The van der Waals surface area contributed by atoms with Crippen LogP contribution in [0.15, 0.2) is 72.8 Å². The van der Waals surface area contributed by atoms with Crippen molar-refractivity contribution < 1.29 is 13.9 Å². The smallest absolute Gasteiger partial charge is 0.273 e. The molecular formula is C26H22FN3O2. The fourth-order valence-electron chi connectivity index (χ4n) is 4.21. The van der Waals surface area contributed by atoms with E-state index < -0.39 is 0 Å². The van der Waals surface area contributed by atoms with Gasteiger partial charge in [0.1, 0.15) is 17.3 Å². The minimum Gasteiger partial charge on any atom is -0.497 e. The number of carbonyl (C=O) groups excluding carboxylic acids is 1. The zero-order chi connectivity index (χ0) is 22.2. The summed E-state index contributed by atoms with van der Waals surface area (Å²) in [4.78, 5) is 15.2. The summed E-state index contributed by atoms with van der Waals surface area (Å²) < 4.78 is 18.7. The molecule has 1 aliphatic rings. The van der Waals surface area contributed by atoms with Crippen molar-refractivity contribution in [3.8, 4) is 17.0 Å². The fraction of sp³-hybridized carbons (Fsp3) is 0.154. The summed E-state index contributed by atoms with van der Waals surface area (Å²) >= 11 is 0. The van der Waals surface area contributed by atoms with E-state index in [2.05, 4.69) is 10.2 Å². The van der Waals surface area contributed by atoms with Gasteiger partial charge in [0.25, 0.3) is 5.91 Å². The Kier molecular flexibility index (Phi) is 4.98. The summed E-state index contributed by atoms with van der Waals surface area (Å²) in [5.74, 6) is 0.314. The molecule has 4 aromatic rings. The van der Waals surface area contributed by atoms with Crippen molar-refractivity contribution in [2.24, 2.45) is 0 Å². The van der Waals surface area contributed by atoms with Crippen LogP contribution in [0.1, 0.15) is 38.8 Å². The number of halogens is 1. The van der Waals surface area contributed by atoms with Gasteiger partial charge in [-0.3, -0.25) is 9.89 Å². The van der Waals surface area contributed by atoms with Crippen LogP contribution in [-0.4, -0.2) is 28.1 Å². The van der Waals surface area contributed by atoms with Crippen molar-refractivity contribution in [3.63, 3.8) is 0 Å². The first kappa shape index (κ1) is 20.0. The Morgan fingerprint density at radius 2 is 1.69 bits per heavy atom. The van der Waals surface area contributed by atoms with Crippen LogP contribution < -0.4 is 4.74 Å². The van der Waals surface area contributed by atoms with Gasteiger partial charge in [-0.15, -0.1) is 0 Å². The van der Waals surface area contributed by atoms with Crippen molar-refractivity contribution >= 4 is 5.91 Å². The molecule has 1 atom stereocenters. The van der Waals surface area contributed by atoms with Crippen molar-refractivity contribution in [2.45, 2.75) is 19.5 Å². The number of carbonyl (C=O) groups is 1. The molecule has 0 aliphatic carbocycles. The topological polar surface area (TPSA) is 58.2 Å². The molecule has 5 rings (SSSR count). The Balaban J connectivity index is 1.62. The predicted molar refractivity (Wildman–Crippen MR) is 120 cm³/mol. The van der Waals surface area contributed by atoms with Crippen LogP contribution in [0.2, 0.25) is 0 Å². The Labute approximate surface area is 185 Å². The van der Waals surface area contributed by atoms with Crippen LogP contribution in [0.4, 0.5) is 4.39 Å². The third-order valence-corrected chi connectivity index (χ3v) is 5.89. The lowest BCUT2D eigenvalue weighted by Gasteiger charge is -2.26. The van der Waals surface area contributed by atoms with Gasteiger partial charge in [0, 0.05) is 17.7 Å². The first-order valence-electron chi connectivity index (χ1n) is 10.4. The van der Waals surface area contributed by atoms with Crippen LogP contribution in [0, 0.1) is 12.7 Å². The maximum atomic E-state index is 13.4. The van der Waals surface area contributed by atoms with E-state index in [1.165, 1.54) is 12.1 Å². The first-order valence-corrected chi connectivity index (χ1v) is 10.4. The molecule has 1 N–H and O–H groups in total. The molecule has 0 radical (unpaired) electrons. The van der Waals surface area contributed by atoms with E-state index >= 15 is 0 Å². The minimum atomic E-state index is -0.330. The highest BCUT2D eigenvalue weighted by Crippen LogP contribution is 2.43. The lowest BCUT2D eigenvalue weighted by atomic mass is 9.95. The number of amides is 1. The van der Waals surface area contributed by atoms with Gasteiger partial charge in [-0.05, 0) is 42.3 Å². The van der Waals surface area contributed by atoms with E-state index in [0.717, 1.165) is 39.3 Å². The number of hydrogen-bond acceptors (Lipinski definition) is 3. The van der Waals surface area contributed by atoms with Gasteiger partial charge in [-0.2, -0.15) is 5.10 Å². The number of nitrogens with zero attached hydrogens (tertiary/aromatic N) is 2. The highest BCUT2D eigenvalue weighted by atomic mass is 19.1. The largest absolute Gasteiger partial charge is 0.497 e. The number of rotatable bonds is 5. The Bertz CT molecular complexity index is 1260. The minimum absolute atomic E-state index is 0.129. The summed E-state index contributed by atoms with van der Waals surface area (Å²) in [5, 5.41) is 7.47. The summed E-state index contributed by atoms with van der Waals surface area (Å²) in [6.07, 6.45) is 0. The second-order valence-corrected chi connectivity index (χ2v) is 7.96. The van der Waals surface area contributed by atoms with Crippen molar-refractivity contribution in [1.82, 2.24) is 15.1 Å². The molecule has 0 saturated heterocycles. The number of H-pyrrole nitrogens is 1. The summed E-state index contributed by atoms with van der Waals surface area (Å²) in [6, 6.07) is 21.7. The normalized spacial score (nSPS) is 15.2. The van der Waals surface area contributed by atoms with Gasteiger partial charge in [-0.25, -0.2) is 4.39 Å². The standard InChI is InChI=1S/C26H22FN3O2/c1-16-3-7-18(8-4-16)23-22-24(29-28-23)26(31)30(15-17-5-11-20(27)12-6-17)25(22)19-9-13-21(32-2)14-10-19/h3-14,25H,15H2,1-2H3,(H,28,29). The van der Waals surface area contributed by atoms with Gasteiger partial charge >= 0.3 is 0 Å². The second-order valence-electron chi connectivity index (χ2n) is 7.96. The molecule has 32 heavy (non-hydrogen) atoms. The third kappa shape index (κ3) is 3.43. The van der Waals surface area contributed by atoms with Crippen molar-refractivity contribution in [3.05, 3.63) is 107 Å². The summed E-state index contributed by atoms with van der Waals surface area (Å²) in [6.45, 7) is 2.39. The predicted octanol–water partition coefficient (Wildman–Crippen LogP) is 5.28. The number of aromatic amines is 1. The molecular weight excluding hydrogens is 405 g/mol. The van der Waals surface area contributed by atoms with Gasteiger partial charge in [0.2, 0.25) is 0 Å². The highest BCUT2D eigenvalue weighted by Gasteiger charge is 2.42. The Morgan fingerprint density at radius 1 is 1.00 bits per heavy atom. The molecule has 160 valence electrons. The molecule has 0 saturated carbocycles. The lowest BCUT2D eigenvalue weighted by molar-refractivity contribution is 0.0730. The van der Waals surface area contributed by atoms with E-state index in [0.29, 0.717) is 12.2 Å². The maximum absolute atomic E-state index is 13.4. The average Bonchev–Trinajstić information content (AvgIpc) is 3.35. The van der Waals surface area contributed by atoms with Crippen LogP contribution >= 0.6 is 0 Å². The van der Waals surface area contributed by atoms with Gasteiger partial charge in [0.15, 0.2) is 0 Å². The molecule has 2 heterocycles. The monoisotopic (exact) mass is 427 g/mol. The van der Waals surface area contributed by atoms with Gasteiger partial charge in [-0.1, -0.05) is 54.1 Å². The number of aryl methyl sites for hydroxylation is 1. The molecule has 5 nitrogen and oxygen atoms in total. The molecule has 3 aromatic carbocycles. The fourth-order valence-corrected chi connectivity index (χ4v) is 4.21. The number of fused-ring (bicyclic) bond motifs is 1. The van der Waals surface area contributed by atoms with Gasteiger partial charge < -0.3 is 9.64 Å². The van der Waals surface area contributed by atoms with Crippen LogP contribution in [0.5, 0.6) is 5.75 Å². The maximum Gasteiger partial charge on any atom is 0.273 e. The van der Waals surface area contributed by atoms with E-state index in [9.17, 15) is 9.18 Å². The molecule has 6 heteroatoms. The second kappa shape index (κ2) is 7.96. The zero-order valence-electron chi connectivity index (χ0n) is 17.8. The van der Waals surface area contributed by atoms with E-state index in [1.54, 1.807) is 24.1 Å². The molecule has 0 bridgehead atoms. The zero-order valence-corrected chi connectivity index (χ0v) is 17.8. The molecule has 1 amide bonds. The van der Waals surface area contributed by atoms with E-state index in [1.807, 2.05) is 55.5 Å². The Hall–Kier alpha value is -3.93. The number of hydrogen-bond donors (Lipinski definition) is 1. The van der Waals surface area contributed by atoms with E-state index in [4.69, 9.17) is 4.74 Å². The van der Waals surface area contributed by atoms with Gasteiger partial charge in [0.05, 0.1) is 18.8 Å². The molecule has 1 aromatic heterocycles. The van der Waals surface area contributed by atoms with Crippen molar-refractivity contribution in [2.75, 3.05) is 7.11 Å². The molecule has 1 unspecified atom stereocenters. The molecule has 0 fully saturated rings. The molecule has 0 spiro atoms. The van der Waals surface area contributed by atoms with Crippen LogP contribution in [-0.2, 0) is 6.54 Å². The number of nitrogens with one attached hydrogen (secondary N) is 1. The van der Waals surface area contributed by atoms with Crippen LogP contribution in [0.3, 0.4) is 0 Å². The number of benzene rings is 3. The number of aromatic nitrogens is 2. The number of ether oxygens (including phenoxy) is 1. The first-order chi connectivity index (χ1) is 15.5. The average molecular weight is 427 g/mol. The highest BCUT2D eigenvalue weighted by molar-refractivity contribution is 6.00. The quantitative estimate of drug-likeness (QED) is 0.472. The van der Waals surface area contributed by atoms with E-state index in [-0.39, 0.29) is 17.8 Å². The van der Waals surface area contributed by atoms with Crippen molar-refractivity contribution in [1.29, 1.82) is 0 Å². The Morgan fingerprint density at radius 3 is 2.34 bits per heavy atom. The SMILES string of the molecule is COc1ccc(C2c3c(-c4ccc(C)cc4)n[nH]c3C(=O)N2Cc2ccc(F)cc2)cc1. The lowest BCUT2D eigenvalue weighted by Crippen LogP contribution is -2.29. The third-order valence-electron chi connectivity index (χ3n) is 5.89. The van der Waals surface area contributed by atoms with Crippen LogP contribution in [0.25, 0.3) is 11.3 Å². The number of methoxy groups -OCH3 is 1.